The van der Waals surface area contributed by atoms with E-state index in [1.807, 2.05) is 0 Å². The minimum Gasteiger partial charge on any atom is -0.507 e. The fourth-order valence-electron chi connectivity index (χ4n) is 3.79. The highest BCUT2D eigenvalue weighted by molar-refractivity contribution is 6.51. The molecule has 156 valence electrons. The third-order valence-corrected chi connectivity index (χ3v) is 5.21. The number of ether oxygens (including phenoxy) is 2. The van der Waals surface area contributed by atoms with Gasteiger partial charge in [-0.3, -0.25) is 14.5 Å². The number of aliphatic hydroxyl groups is 1. The van der Waals surface area contributed by atoms with Crippen molar-refractivity contribution in [2.24, 2.45) is 0 Å². The van der Waals surface area contributed by atoms with Gasteiger partial charge in [0.05, 0.1) is 5.57 Å². The number of aliphatic hydroxyl groups excluding tert-OH is 1. The normalized spacial score (nSPS) is 19.3. The van der Waals surface area contributed by atoms with Gasteiger partial charge in [-0.15, -0.1) is 0 Å². The van der Waals surface area contributed by atoms with Crippen LogP contribution in [0.3, 0.4) is 0 Å². The zero-order chi connectivity index (χ0) is 21.7. The quantitative estimate of drug-likeness (QED) is 0.389. The Kier molecular flexibility index (Phi) is 4.28. The number of halogens is 1. The maximum Gasteiger partial charge on any atom is 0.300 e. The largest absolute Gasteiger partial charge is 0.507 e. The average molecular weight is 421 g/mol. The average Bonchev–Trinajstić information content (AvgIpc) is 3.45. The van der Waals surface area contributed by atoms with Gasteiger partial charge in [-0.05, 0) is 55.5 Å². The number of carbonyl (C=O) groups is 2. The molecule has 2 aliphatic heterocycles. The summed E-state index contributed by atoms with van der Waals surface area (Å²) in [6, 6.07) is 12.2. The molecule has 0 spiro atoms. The Bertz CT molecular complexity index is 1260. The number of aryl methyl sites for hydroxylation is 1. The molecule has 1 amide bonds. The molecule has 2 aromatic carbocycles. The first-order valence-corrected chi connectivity index (χ1v) is 9.47. The van der Waals surface area contributed by atoms with Crippen LogP contribution in [0.1, 0.15) is 23.1 Å². The number of hydrogen-bond acceptors (Lipinski definition) is 6. The molecule has 1 aromatic heterocycles. The molecular formula is C23H16FNO6. The van der Waals surface area contributed by atoms with Crippen LogP contribution in [0.5, 0.6) is 11.5 Å². The fourth-order valence-corrected chi connectivity index (χ4v) is 3.79. The number of amides is 1. The second kappa shape index (κ2) is 7.02. The Morgan fingerprint density at radius 1 is 1.06 bits per heavy atom. The first-order valence-electron chi connectivity index (χ1n) is 9.47. The van der Waals surface area contributed by atoms with Crippen LogP contribution in [0.25, 0.3) is 5.76 Å². The van der Waals surface area contributed by atoms with Gasteiger partial charge in [-0.25, -0.2) is 4.39 Å². The number of anilines is 1. The molecule has 0 radical (unpaired) electrons. The van der Waals surface area contributed by atoms with E-state index < -0.39 is 29.3 Å². The smallest absolute Gasteiger partial charge is 0.300 e. The number of fused-ring (bicyclic) bond motifs is 1. The molecule has 31 heavy (non-hydrogen) atoms. The van der Waals surface area contributed by atoms with E-state index >= 15 is 0 Å². The van der Waals surface area contributed by atoms with Crippen LogP contribution >= 0.6 is 0 Å². The van der Waals surface area contributed by atoms with E-state index in [0.717, 1.165) is 11.0 Å². The molecule has 0 aliphatic carbocycles. The summed E-state index contributed by atoms with van der Waals surface area (Å²) in [6.45, 7) is 1.77. The molecule has 0 saturated carbocycles. The Labute approximate surface area is 175 Å². The summed E-state index contributed by atoms with van der Waals surface area (Å²) in [6.07, 6.45) is 0. The summed E-state index contributed by atoms with van der Waals surface area (Å²) >= 11 is 0. The second-order valence-electron chi connectivity index (χ2n) is 7.17. The van der Waals surface area contributed by atoms with E-state index in [-0.39, 0.29) is 29.4 Å². The van der Waals surface area contributed by atoms with Crippen molar-refractivity contribution >= 4 is 23.1 Å². The van der Waals surface area contributed by atoms with Crippen LogP contribution in [0.15, 0.2) is 64.6 Å². The third kappa shape index (κ3) is 3.04. The molecule has 1 saturated heterocycles. The molecule has 1 N–H and O–H groups in total. The second-order valence-corrected chi connectivity index (χ2v) is 7.17. The number of hydrogen-bond donors (Lipinski definition) is 1. The highest BCUT2D eigenvalue weighted by atomic mass is 19.1. The number of ketones is 1. The van der Waals surface area contributed by atoms with Crippen molar-refractivity contribution < 1.29 is 33.0 Å². The van der Waals surface area contributed by atoms with Gasteiger partial charge in [0.15, 0.2) is 11.5 Å². The van der Waals surface area contributed by atoms with Crippen LogP contribution in [-0.4, -0.2) is 23.6 Å². The summed E-state index contributed by atoms with van der Waals surface area (Å²) in [5.74, 6) is -1.01. The zero-order valence-corrected chi connectivity index (χ0v) is 16.3. The molecule has 3 heterocycles. The maximum absolute atomic E-state index is 13.9. The van der Waals surface area contributed by atoms with Crippen molar-refractivity contribution in [3.05, 3.63) is 83.1 Å². The minimum absolute atomic E-state index is 0.0508. The first kappa shape index (κ1) is 18.9. The van der Waals surface area contributed by atoms with Crippen molar-refractivity contribution in [1.29, 1.82) is 0 Å². The molecule has 1 atom stereocenters. The van der Waals surface area contributed by atoms with E-state index in [1.165, 1.54) is 24.3 Å². The highest BCUT2D eigenvalue weighted by Crippen LogP contribution is 2.43. The fraction of sp³-hybridized carbons (Fsp3) is 0.130. The van der Waals surface area contributed by atoms with Crippen molar-refractivity contribution in [2.45, 2.75) is 13.0 Å². The molecule has 5 rings (SSSR count). The van der Waals surface area contributed by atoms with Crippen molar-refractivity contribution in [1.82, 2.24) is 0 Å². The maximum atomic E-state index is 13.9. The van der Waals surface area contributed by atoms with Gasteiger partial charge in [0.2, 0.25) is 6.79 Å². The van der Waals surface area contributed by atoms with Gasteiger partial charge in [0.25, 0.3) is 11.7 Å². The minimum atomic E-state index is -1.07. The van der Waals surface area contributed by atoms with Gasteiger partial charge in [0, 0.05) is 11.3 Å². The Morgan fingerprint density at radius 3 is 2.61 bits per heavy atom. The number of Topliss-reactive ketones (excluding diaryl/α,β-unsaturated/α-hetero) is 1. The van der Waals surface area contributed by atoms with Gasteiger partial charge in [-0.1, -0.05) is 6.07 Å². The van der Waals surface area contributed by atoms with E-state index in [2.05, 4.69) is 0 Å². The zero-order valence-electron chi connectivity index (χ0n) is 16.3. The predicted molar refractivity (Wildman–Crippen MR) is 107 cm³/mol. The molecule has 3 aromatic rings. The topological polar surface area (TPSA) is 89.2 Å². The summed E-state index contributed by atoms with van der Waals surface area (Å²) < 4.78 is 30.2. The molecule has 7 nitrogen and oxygen atoms in total. The molecule has 8 heteroatoms. The predicted octanol–water partition coefficient (Wildman–Crippen LogP) is 4.08. The number of benzene rings is 2. The van der Waals surface area contributed by atoms with Gasteiger partial charge < -0.3 is 19.0 Å². The number of furan rings is 1. The Morgan fingerprint density at radius 2 is 1.87 bits per heavy atom. The lowest BCUT2D eigenvalue weighted by molar-refractivity contribution is -0.132. The molecule has 2 aliphatic rings. The summed E-state index contributed by atoms with van der Waals surface area (Å²) in [5, 5.41) is 11.1. The Hall–Kier alpha value is -4.07. The Balaban J connectivity index is 1.70. The van der Waals surface area contributed by atoms with Gasteiger partial charge >= 0.3 is 0 Å². The van der Waals surface area contributed by atoms with Crippen molar-refractivity contribution in [2.75, 3.05) is 11.7 Å². The molecular weight excluding hydrogens is 405 g/mol. The van der Waals surface area contributed by atoms with Gasteiger partial charge in [0.1, 0.15) is 29.1 Å². The van der Waals surface area contributed by atoms with Crippen LogP contribution < -0.4 is 14.4 Å². The van der Waals surface area contributed by atoms with Crippen molar-refractivity contribution in [3.63, 3.8) is 0 Å². The van der Waals surface area contributed by atoms with Crippen LogP contribution in [0.4, 0.5) is 10.1 Å². The lowest BCUT2D eigenvalue weighted by Gasteiger charge is -2.23. The van der Waals surface area contributed by atoms with E-state index in [1.54, 1.807) is 31.2 Å². The summed E-state index contributed by atoms with van der Waals surface area (Å²) in [4.78, 5) is 27.1. The highest BCUT2D eigenvalue weighted by Gasteiger charge is 2.48. The summed E-state index contributed by atoms with van der Waals surface area (Å²) in [7, 11) is 0. The monoisotopic (exact) mass is 421 g/mol. The molecule has 1 unspecified atom stereocenters. The standard InChI is InChI=1S/C23H16FNO6/c1-12-5-7-17(31-12)20-19(21(26)13-6-8-16-18(9-13)30-11-29-16)22(27)23(28)25(20)15-4-2-3-14(24)10-15/h2-10,20,26H,11H2,1H3/b21-19-. The lowest BCUT2D eigenvalue weighted by atomic mass is 9.99. The van der Waals surface area contributed by atoms with Crippen LogP contribution in [0, 0.1) is 12.7 Å². The van der Waals surface area contributed by atoms with Gasteiger partial charge in [-0.2, -0.15) is 0 Å². The SMILES string of the molecule is Cc1ccc(C2/C(=C(/O)c3ccc4c(c3)OCO4)C(=O)C(=O)N2c2cccc(F)c2)o1. The lowest BCUT2D eigenvalue weighted by Crippen LogP contribution is -2.29. The molecule has 1 fully saturated rings. The third-order valence-electron chi connectivity index (χ3n) is 5.21. The van der Waals surface area contributed by atoms with Crippen LogP contribution in [0.2, 0.25) is 0 Å². The summed E-state index contributed by atoms with van der Waals surface area (Å²) in [5.41, 5.74) is 0.281. The molecule has 0 bridgehead atoms. The van der Waals surface area contributed by atoms with Crippen molar-refractivity contribution in [3.8, 4) is 11.5 Å². The van der Waals surface area contributed by atoms with E-state index in [9.17, 15) is 19.1 Å². The number of nitrogens with zero attached hydrogens (tertiary/aromatic N) is 1. The number of rotatable bonds is 3. The first-order chi connectivity index (χ1) is 14.9. The number of carbonyl (C=O) groups excluding carboxylic acids is 2. The van der Waals surface area contributed by atoms with E-state index in [4.69, 9.17) is 13.9 Å². The van der Waals surface area contributed by atoms with Crippen LogP contribution in [-0.2, 0) is 9.59 Å². The van der Waals surface area contributed by atoms with E-state index in [0.29, 0.717) is 17.3 Å².